The highest BCUT2D eigenvalue weighted by Gasteiger charge is 2.17. The van der Waals surface area contributed by atoms with E-state index in [2.05, 4.69) is 21.9 Å². The molecule has 0 aliphatic carbocycles. The van der Waals surface area contributed by atoms with E-state index in [1.165, 1.54) is 12.8 Å². The van der Waals surface area contributed by atoms with E-state index in [4.69, 9.17) is 5.73 Å². The molecule has 0 aromatic carbocycles. The lowest BCUT2D eigenvalue weighted by Gasteiger charge is -2.31. The maximum atomic E-state index is 6.00. The largest absolute Gasteiger partial charge is 0.370 e. The van der Waals surface area contributed by atoms with Crippen molar-refractivity contribution in [2.24, 2.45) is 16.6 Å². The fourth-order valence-electron chi connectivity index (χ4n) is 2.20. The summed E-state index contributed by atoms with van der Waals surface area (Å²) in [6.07, 6.45) is 6.24. The predicted octanol–water partition coefficient (Wildman–Crippen LogP) is 0.930. The average molecular weight is 235 g/mol. The van der Waals surface area contributed by atoms with Gasteiger partial charge in [0, 0.05) is 25.5 Å². The van der Waals surface area contributed by atoms with Crippen molar-refractivity contribution in [1.29, 1.82) is 0 Å². The van der Waals surface area contributed by atoms with Crippen LogP contribution in [0.1, 0.15) is 19.8 Å². The zero-order valence-corrected chi connectivity index (χ0v) is 10.4. The molecule has 2 heterocycles. The maximum absolute atomic E-state index is 6.00. The second-order valence-electron chi connectivity index (χ2n) is 4.70. The minimum atomic E-state index is 0.684. The van der Waals surface area contributed by atoms with Crippen LogP contribution >= 0.6 is 0 Å². The molecule has 0 saturated carbocycles. The molecule has 5 nitrogen and oxygen atoms in total. The molecular formula is C12H21N5. The van der Waals surface area contributed by atoms with Crippen LogP contribution in [-0.2, 0) is 6.54 Å². The highest BCUT2D eigenvalue weighted by molar-refractivity contribution is 5.78. The topological polar surface area (TPSA) is 59.4 Å². The number of hydrogen-bond acceptors (Lipinski definition) is 2. The molecule has 1 saturated heterocycles. The van der Waals surface area contributed by atoms with Crippen molar-refractivity contribution in [3.63, 3.8) is 0 Å². The van der Waals surface area contributed by atoms with Gasteiger partial charge in [-0.2, -0.15) is 5.10 Å². The minimum absolute atomic E-state index is 0.684. The molecule has 1 atom stereocenters. The lowest BCUT2D eigenvalue weighted by atomic mass is 10.0. The van der Waals surface area contributed by atoms with E-state index in [1.54, 1.807) is 6.20 Å². The second kappa shape index (κ2) is 5.70. The number of nitrogens with two attached hydrogens (primary N) is 1. The number of rotatable bonds is 3. The van der Waals surface area contributed by atoms with Gasteiger partial charge in [-0.05, 0) is 24.8 Å². The summed E-state index contributed by atoms with van der Waals surface area (Å²) in [6.45, 7) is 5.83. The second-order valence-corrected chi connectivity index (χ2v) is 4.70. The summed E-state index contributed by atoms with van der Waals surface area (Å²) < 4.78 is 1.87. The van der Waals surface area contributed by atoms with E-state index in [1.807, 2.05) is 16.9 Å². The lowest BCUT2D eigenvalue weighted by molar-refractivity contribution is 0.270. The van der Waals surface area contributed by atoms with E-state index in [-0.39, 0.29) is 0 Å². The molecule has 1 unspecified atom stereocenters. The number of nitrogens with zero attached hydrogens (tertiary/aromatic N) is 4. The van der Waals surface area contributed by atoms with Crippen LogP contribution in [0.25, 0.3) is 0 Å². The molecular weight excluding hydrogens is 214 g/mol. The van der Waals surface area contributed by atoms with Gasteiger partial charge in [0.1, 0.15) is 0 Å². The van der Waals surface area contributed by atoms with Crippen LogP contribution < -0.4 is 5.73 Å². The van der Waals surface area contributed by atoms with Crippen molar-refractivity contribution < 1.29 is 0 Å². The smallest absolute Gasteiger partial charge is 0.191 e. The van der Waals surface area contributed by atoms with Crippen LogP contribution in [0, 0.1) is 5.92 Å². The summed E-state index contributed by atoms with van der Waals surface area (Å²) in [4.78, 5) is 6.61. The fraction of sp³-hybridized carbons (Fsp3) is 0.667. The number of likely N-dealkylation sites (tertiary alicyclic amines) is 1. The van der Waals surface area contributed by atoms with Crippen molar-refractivity contribution in [2.45, 2.75) is 26.3 Å². The van der Waals surface area contributed by atoms with Gasteiger partial charge in [0.15, 0.2) is 5.96 Å². The van der Waals surface area contributed by atoms with Crippen LogP contribution in [0.2, 0.25) is 0 Å². The van der Waals surface area contributed by atoms with Crippen molar-refractivity contribution in [3.8, 4) is 0 Å². The summed E-state index contributed by atoms with van der Waals surface area (Å²) >= 11 is 0. The third-order valence-electron chi connectivity index (χ3n) is 3.14. The summed E-state index contributed by atoms with van der Waals surface area (Å²) in [7, 11) is 0. The zero-order valence-electron chi connectivity index (χ0n) is 10.4. The van der Waals surface area contributed by atoms with Crippen molar-refractivity contribution >= 4 is 5.96 Å². The van der Waals surface area contributed by atoms with E-state index >= 15 is 0 Å². The molecule has 1 aromatic rings. The van der Waals surface area contributed by atoms with Crippen LogP contribution in [-0.4, -0.2) is 40.3 Å². The minimum Gasteiger partial charge on any atom is -0.370 e. The Morgan fingerprint density at radius 1 is 1.59 bits per heavy atom. The lowest BCUT2D eigenvalue weighted by Crippen LogP contribution is -2.43. The maximum Gasteiger partial charge on any atom is 0.191 e. The van der Waals surface area contributed by atoms with Crippen LogP contribution in [0.4, 0.5) is 0 Å². The Hall–Kier alpha value is -1.52. The average Bonchev–Trinajstić information content (AvgIpc) is 2.82. The van der Waals surface area contributed by atoms with Gasteiger partial charge in [-0.15, -0.1) is 0 Å². The molecule has 2 N–H and O–H groups in total. The van der Waals surface area contributed by atoms with E-state index in [0.29, 0.717) is 12.5 Å². The normalized spacial score (nSPS) is 21.8. The molecule has 94 valence electrons. The quantitative estimate of drug-likeness (QED) is 0.626. The Bertz CT molecular complexity index is 357. The summed E-state index contributed by atoms with van der Waals surface area (Å²) in [6, 6.07) is 1.92. The van der Waals surface area contributed by atoms with Gasteiger partial charge in [-0.1, -0.05) is 6.92 Å². The first-order chi connectivity index (χ1) is 8.25. The fourth-order valence-corrected chi connectivity index (χ4v) is 2.20. The Balaban J connectivity index is 1.80. The Labute approximate surface area is 102 Å². The Morgan fingerprint density at radius 2 is 2.47 bits per heavy atom. The monoisotopic (exact) mass is 235 g/mol. The van der Waals surface area contributed by atoms with Crippen molar-refractivity contribution in [3.05, 3.63) is 18.5 Å². The molecule has 0 bridgehead atoms. The van der Waals surface area contributed by atoms with Gasteiger partial charge in [-0.3, -0.25) is 9.67 Å². The number of aliphatic imine (C=N–C) groups is 1. The van der Waals surface area contributed by atoms with Gasteiger partial charge >= 0.3 is 0 Å². The predicted molar refractivity (Wildman–Crippen MR) is 68.7 cm³/mol. The summed E-state index contributed by atoms with van der Waals surface area (Å²) in [5, 5.41) is 4.13. The standard InChI is InChI=1S/C12H21N5/c1-11-4-2-7-16(10-11)12(13)14-6-9-17-8-3-5-15-17/h3,5,8,11H,2,4,6-7,9-10H2,1H3,(H2,13,14). The number of piperidine rings is 1. The van der Waals surface area contributed by atoms with E-state index in [0.717, 1.165) is 25.6 Å². The third kappa shape index (κ3) is 3.47. The summed E-state index contributed by atoms with van der Waals surface area (Å²) in [5.41, 5.74) is 6.00. The molecule has 0 amide bonds. The Morgan fingerprint density at radius 3 is 3.18 bits per heavy atom. The van der Waals surface area contributed by atoms with Crippen LogP contribution in [0.5, 0.6) is 0 Å². The zero-order chi connectivity index (χ0) is 12.1. The molecule has 1 aliphatic rings. The van der Waals surface area contributed by atoms with Gasteiger partial charge in [0.05, 0.1) is 13.1 Å². The third-order valence-corrected chi connectivity index (χ3v) is 3.14. The van der Waals surface area contributed by atoms with Crippen molar-refractivity contribution in [1.82, 2.24) is 14.7 Å². The van der Waals surface area contributed by atoms with Gasteiger partial charge in [0.2, 0.25) is 0 Å². The number of aromatic nitrogens is 2. The number of guanidine groups is 1. The molecule has 1 aromatic heterocycles. The first-order valence-corrected chi connectivity index (χ1v) is 6.28. The van der Waals surface area contributed by atoms with E-state index in [9.17, 15) is 0 Å². The van der Waals surface area contributed by atoms with Crippen LogP contribution in [0.15, 0.2) is 23.5 Å². The van der Waals surface area contributed by atoms with Gasteiger partial charge in [0.25, 0.3) is 0 Å². The van der Waals surface area contributed by atoms with E-state index < -0.39 is 0 Å². The van der Waals surface area contributed by atoms with Crippen molar-refractivity contribution in [2.75, 3.05) is 19.6 Å². The first kappa shape index (κ1) is 12.0. The van der Waals surface area contributed by atoms with Crippen LogP contribution in [0.3, 0.4) is 0 Å². The summed E-state index contributed by atoms with van der Waals surface area (Å²) in [5.74, 6) is 1.41. The molecule has 17 heavy (non-hydrogen) atoms. The first-order valence-electron chi connectivity index (χ1n) is 6.28. The highest BCUT2D eigenvalue weighted by atomic mass is 15.3. The molecule has 5 heteroatoms. The highest BCUT2D eigenvalue weighted by Crippen LogP contribution is 2.14. The SMILES string of the molecule is CC1CCCN(C(N)=NCCn2cccn2)C1. The number of hydrogen-bond donors (Lipinski definition) is 1. The molecule has 1 fully saturated rings. The molecule has 0 radical (unpaired) electrons. The Kier molecular flexibility index (Phi) is 4.01. The van der Waals surface area contributed by atoms with Gasteiger partial charge < -0.3 is 10.6 Å². The molecule has 2 rings (SSSR count). The van der Waals surface area contributed by atoms with Gasteiger partial charge in [-0.25, -0.2) is 0 Å². The molecule has 0 spiro atoms. The molecule has 1 aliphatic heterocycles.